The summed E-state index contributed by atoms with van der Waals surface area (Å²) in [6, 6.07) is 17.0. The van der Waals surface area contributed by atoms with Crippen LogP contribution in [0.4, 0.5) is 5.69 Å². The van der Waals surface area contributed by atoms with E-state index in [2.05, 4.69) is 27.6 Å². The van der Waals surface area contributed by atoms with E-state index in [1.54, 1.807) is 35.6 Å². The van der Waals surface area contributed by atoms with Gasteiger partial charge >= 0.3 is 0 Å². The third-order valence-electron chi connectivity index (χ3n) is 3.00. The molecule has 0 amide bonds. The summed E-state index contributed by atoms with van der Waals surface area (Å²) < 4.78 is 3.14. The molecule has 0 atom stereocenters. The van der Waals surface area contributed by atoms with Gasteiger partial charge < -0.3 is 4.57 Å². The van der Waals surface area contributed by atoms with Gasteiger partial charge in [-0.25, -0.2) is 0 Å². The molecule has 1 aromatic heterocycles. The number of benzene rings is 2. The fourth-order valence-electron chi connectivity index (χ4n) is 1.89. The van der Waals surface area contributed by atoms with Crippen molar-refractivity contribution in [3.05, 3.63) is 58.9 Å². The van der Waals surface area contributed by atoms with Crippen LogP contribution >= 0.6 is 11.3 Å². The third-order valence-corrected chi connectivity index (χ3v) is 4.10. The molecule has 0 spiro atoms. The fraction of sp³-hybridized carbons (Fsp3) is 0.0667. The monoisotopic (exact) mass is 293 g/mol. The highest BCUT2D eigenvalue weighted by molar-refractivity contribution is 7.16. The Hall–Kier alpha value is -2.78. The number of thiazole rings is 1. The topological polar surface area (TPSA) is 65.8 Å². The molecular weight excluding hydrogens is 282 g/mol. The van der Waals surface area contributed by atoms with Crippen LogP contribution in [-0.2, 0) is 7.05 Å². The Kier molecular flexibility index (Phi) is 3.58. The van der Waals surface area contributed by atoms with E-state index in [1.165, 1.54) is 0 Å². The molecule has 0 fully saturated rings. The zero-order chi connectivity index (χ0) is 14.7. The highest BCUT2D eigenvalue weighted by Gasteiger charge is 2.00. The minimum Gasteiger partial charge on any atom is -0.318 e. The molecule has 3 rings (SSSR count). The Morgan fingerprint density at radius 1 is 1.10 bits per heavy atom. The Morgan fingerprint density at radius 3 is 2.57 bits per heavy atom. The molecule has 0 bridgehead atoms. The van der Waals surface area contributed by atoms with Gasteiger partial charge in [0.05, 0.1) is 27.5 Å². The number of hydrogen-bond acceptors (Lipinski definition) is 4. The summed E-state index contributed by atoms with van der Waals surface area (Å²) in [4.78, 5) is 0.786. The summed E-state index contributed by atoms with van der Waals surface area (Å²) in [7, 11) is 1.95. The van der Waals surface area contributed by atoms with E-state index in [4.69, 9.17) is 5.26 Å². The Balaban J connectivity index is 1.91. The van der Waals surface area contributed by atoms with Gasteiger partial charge in [-0.15, -0.1) is 10.2 Å². The van der Waals surface area contributed by atoms with Gasteiger partial charge in [-0.1, -0.05) is 23.5 Å². The minimum atomic E-state index is 0.599. The quantitative estimate of drug-likeness (QED) is 0.524. The Labute approximate surface area is 125 Å². The Morgan fingerprint density at radius 2 is 1.86 bits per heavy atom. The standard InChI is InChI=1S/C15H11N5S/c1-20-13-4-2-3-5-14(13)21-15(20)18-19-17-12-8-6-11(10-16)7-9-12/h2-9H,1H3. The summed E-state index contributed by atoms with van der Waals surface area (Å²) in [5.41, 5.74) is 2.39. The average Bonchev–Trinajstić information content (AvgIpc) is 2.85. The lowest BCUT2D eigenvalue weighted by molar-refractivity contribution is 0.868. The molecule has 102 valence electrons. The molecule has 0 saturated carbocycles. The molecule has 0 aliphatic rings. The van der Waals surface area contributed by atoms with Crippen LogP contribution in [0, 0.1) is 11.3 Å². The van der Waals surface area contributed by atoms with Crippen LogP contribution in [0.3, 0.4) is 0 Å². The molecule has 0 radical (unpaired) electrons. The van der Waals surface area contributed by atoms with Crippen molar-refractivity contribution in [1.29, 1.82) is 5.26 Å². The molecule has 1 heterocycles. The summed E-state index contributed by atoms with van der Waals surface area (Å²) >= 11 is 1.56. The number of para-hydroxylation sites is 1. The smallest absolute Gasteiger partial charge is 0.213 e. The summed E-state index contributed by atoms with van der Waals surface area (Å²) in [6.45, 7) is 0. The van der Waals surface area contributed by atoms with Crippen LogP contribution in [0.1, 0.15) is 5.56 Å². The zero-order valence-electron chi connectivity index (χ0n) is 11.3. The van der Waals surface area contributed by atoms with Gasteiger partial charge in [-0.05, 0) is 41.6 Å². The number of nitrogens with zero attached hydrogens (tertiary/aromatic N) is 5. The number of rotatable bonds is 2. The highest BCUT2D eigenvalue weighted by Crippen LogP contribution is 2.16. The molecule has 3 aromatic rings. The normalized spacial score (nSPS) is 12.1. The van der Waals surface area contributed by atoms with Crippen molar-refractivity contribution in [3.8, 4) is 6.07 Å². The maximum Gasteiger partial charge on any atom is 0.213 e. The molecule has 21 heavy (non-hydrogen) atoms. The highest BCUT2D eigenvalue weighted by atomic mass is 32.1. The maximum absolute atomic E-state index is 8.73. The Bertz CT molecular complexity index is 910. The van der Waals surface area contributed by atoms with Gasteiger partial charge in [0.15, 0.2) is 0 Å². The SMILES string of the molecule is Cn1c(=NN=Nc2ccc(C#N)cc2)sc2ccccc21. The molecule has 0 saturated heterocycles. The summed E-state index contributed by atoms with van der Waals surface area (Å²) in [5.74, 6) is 0. The van der Waals surface area contributed by atoms with E-state index in [-0.39, 0.29) is 0 Å². The fourth-order valence-corrected chi connectivity index (χ4v) is 2.86. The van der Waals surface area contributed by atoms with Crippen molar-refractivity contribution in [3.63, 3.8) is 0 Å². The van der Waals surface area contributed by atoms with Gasteiger partial charge in [-0.3, -0.25) is 0 Å². The first kappa shape index (κ1) is 13.2. The second-order valence-electron chi connectivity index (χ2n) is 4.36. The van der Waals surface area contributed by atoms with Gasteiger partial charge in [0, 0.05) is 7.05 Å². The van der Waals surface area contributed by atoms with E-state index in [9.17, 15) is 0 Å². The first-order valence-corrected chi connectivity index (χ1v) is 7.09. The van der Waals surface area contributed by atoms with Gasteiger partial charge in [0.1, 0.15) is 0 Å². The first-order chi connectivity index (χ1) is 10.3. The lowest BCUT2D eigenvalue weighted by Gasteiger charge is -1.92. The van der Waals surface area contributed by atoms with Crippen molar-refractivity contribution in [2.45, 2.75) is 0 Å². The van der Waals surface area contributed by atoms with E-state index >= 15 is 0 Å². The van der Waals surface area contributed by atoms with E-state index in [0.717, 1.165) is 15.0 Å². The van der Waals surface area contributed by atoms with E-state index in [0.29, 0.717) is 11.3 Å². The number of aryl methyl sites for hydroxylation is 1. The van der Waals surface area contributed by atoms with E-state index < -0.39 is 0 Å². The molecule has 2 aromatic carbocycles. The molecular formula is C15H11N5S. The molecule has 0 N–H and O–H groups in total. The molecule has 0 unspecified atom stereocenters. The van der Waals surface area contributed by atoms with Crippen molar-refractivity contribution in [2.75, 3.05) is 0 Å². The van der Waals surface area contributed by atoms with Crippen LogP contribution in [0.2, 0.25) is 0 Å². The summed E-state index contributed by atoms with van der Waals surface area (Å²) in [6.07, 6.45) is 0. The van der Waals surface area contributed by atoms with Gasteiger partial charge in [-0.2, -0.15) is 5.26 Å². The molecule has 0 aliphatic heterocycles. The van der Waals surface area contributed by atoms with Gasteiger partial charge in [0.2, 0.25) is 4.80 Å². The lowest BCUT2D eigenvalue weighted by Crippen LogP contribution is -2.08. The largest absolute Gasteiger partial charge is 0.318 e. The van der Waals surface area contributed by atoms with Crippen molar-refractivity contribution in [1.82, 2.24) is 4.57 Å². The molecule has 5 nitrogen and oxygen atoms in total. The van der Waals surface area contributed by atoms with Crippen LogP contribution in [0.15, 0.2) is 64.0 Å². The van der Waals surface area contributed by atoms with Crippen LogP contribution in [-0.4, -0.2) is 4.57 Å². The predicted molar refractivity (Wildman–Crippen MR) is 82.0 cm³/mol. The molecule has 0 aliphatic carbocycles. The maximum atomic E-state index is 8.73. The predicted octanol–water partition coefficient (Wildman–Crippen LogP) is 3.71. The number of fused-ring (bicyclic) bond motifs is 1. The number of nitriles is 1. The average molecular weight is 293 g/mol. The van der Waals surface area contributed by atoms with Crippen molar-refractivity contribution >= 4 is 27.2 Å². The second kappa shape index (κ2) is 5.69. The van der Waals surface area contributed by atoms with E-state index in [1.807, 2.05) is 29.8 Å². The van der Waals surface area contributed by atoms with Crippen LogP contribution in [0.5, 0.6) is 0 Å². The minimum absolute atomic E-state index is 0.599. The number of hydrogen-bond donors (Lipinski definition) is 0. The second-order valence-corrected chi connectivity index (χ2v) is 5.37. The summed E-state index contributed by atoms with van der Waals surface area (Å²) in [5, 5.41) is 20.8. The molecule has 6 heteroatoms. The van der Waals surface area contributed by atoms with Crippen LogP contribution in [0.25, 0.3) is 10.2 Å². The zero-order valence-corrected chi connectivity index (χ0v) is 12.1. The van der Waals surface area contributed by atoms with Crippen LogP contribution < -0.4 is 4.80 Å². The number of aromatic nitrogens is 1. The van der Waals surface area contributed by atoms with Crippen molar-refractivity contribution in [2.24, 2.45) is 22.5 Å². The van der Waals surface area contributed by atoms with Crippen molar-refractivity contribution < 1.29 is 0 Å². The first-order valence-electron chi connectivity index (χ1n) is 6.27. The third kappa shape index (κ3) is 2.73. The van der Waals surface area contributed by atoms with Gasteiger partial charge in [0.25, 0.3) is 0 Å². The lowest BCUT2D eigenvalue weighted by atomic mass is 10.2.